The van der Waals surface area contributed by atoms with Crippen molar-refractivity contribution in [1.29, 1.82) is 0 Å². The number of anilines is 1. The summed E-state index contributed by atoms with van der Waals surface area (Å²) in [4.78, 5) is 0. The summed E-state index contributed by atoms with van der Waals surface area (Å²) in [7, 11) is 1.47. The van der Waals surface area contributed by atoms with Crippen LogP contribution in [-0.2, 0) is 0 Å². The minimum Gasteiger partial charge on any atom is -0.496 e. The number of halogens is 2. The Bertz CT molecular complexity index is 569. The molecule has 17 heavy (non-hydrogen) atoms. The third-order valence-electron chi connectivity index (χ3n) is 2.34. The van der Waals surface area contributed by atoms with E-state index in [1.807, 2.05) is 0 Å². The van der Waals surface area contributed by atoms with E-state index in [4.69, 9.17) is 26.6 Å². The van der Waals surface area contributed by atoms with Crippen LogP contribution in [-0.4, -0.2) is 12.3 Å². The maximum Gasteiger partial charge on any atom is 0.174 e. The fraction of sp³-hybridized carbons (Fsp3) is 0.182. The number of hydrogen-bond donors (Lipinski definition) is 1. The van der Waals surface area contributed by atoms with Crippen LogP contribution in [0.15, 0.2) is 16.7 Å². The molecule has 90 valence electrons. The predicted molar refractivity (Wildman–Crippen MR) is 62.6 cm³/mol. The fourth-order valence-corrected chi connectivity index (χ4v) is 1.86. The van der Waals surface area contributed by atoms with Crippen molar-refractivity contribution in [3.63, 3.8) is 0 Å². The Kier molecular flexibility index (Phi) is 2.93. The average molecular weight is 257 g/mol. The number of rotatable bonds is 2. The summed E-state index contributed by atoms with van der Waals surface area (Å²) in [5, 5.41) is 3.45. The number of aromatic nitrogens is 1. The van der Waals surface area contributed by atoms with Gasteiger partial charge in [0.05, 0.1) is 17.7 Å². The highest BCUT2D eigenvalue weighted by Gasteiger charge is 2.20. The van der Waals surface area contributed by atoms with E-state index in [0.29, 0.717) is 16.9 Å². The monoisotopic (exact) mass is 256 g/mol. The highest BCUT2D eigenvalue weighted by Crippen LogP contribution is 2.40. The largest absolute Gasteiger partial charge is 0.496 e. The van der Waals surface area contributed by atoms with Gasteiger partial charge < -0.3 is 15.0 Å². The van der Waals surface area contributed by atoms with Crippen LogP contribution < -0.4 is 10.5 Å². The SMILES string of the molecule is COc1c(C)cc(F)c(Cl)c1-c1cc(N)no1. The van der Waals surface area contributed by atoms with Gasteiger partial charge in [-0.1, -0.05) is 16.8 Å². The number of nitrogen functional groups attached to an aromatic ring is 1. The molecule has 0 aliphatic carbocycles. The van der Waals surface area contributed by atoms with E-state index in [9.17, 15) is 4.39 Å². The zero-order chi connectivity index (χ0) is 12.6. The van der Waals surface area contributed by atoms with Gasteiger partial charge in [0.25, 0.3) is 0 Å². The smallest absolute Gasteiger partial charge is 0.174 e. The molecule has 0 radical (unpaired) electrons. The molecule has 2 aromatic rings. The molecule has 0 saturated heterocycles. The van der Waals surface area contributed by atoms with Gasteiger partial charge in [-0.05, 0) is 18.6 Å². The Morgan fingerprint density at radius 3 is 2.71 bits per heavy atom. The lowest BCUT2D eigenvalue weighted by atomic mass is 10.1. The molecule has 0 aliphatic rings. The van der Waals surface area contributed by atoms with E-state index < -0.39 is 5.82 Å². The number of methoxy groups -OCH3 is 1. The average Bonchev–Trinajstić information content (AvgIpc) is 2.69. The lowest BCUT2D eigenvalue weighted by Crippen LogP contribution is -1.94. The first-order valence-corrected chi connectivity index (χ1v) is 5.17. The summed E-state index contributed by atoms with van der Waals surface area (Å²) in [6.07, 6.45) is 0. The van der Waals surface area contributed by atoms with Crippen molar-refractivity contribution in [2.75, 3.05) is 12.8 Å². The van der Waals surface area contributed by atoms with Gasteiger partial charge in [-0.25, -0.2) is 4.39 Å². The number of nitrogens with zero attached hydrogens (tertiary/aromatic N) is 1. The van der Waals surface area contributed by atoms with E-state index >= 15 is 0 Å². The fourth-order valence-electron chi connectivity index (χ4n) is 1.63. The summed E-state index contributed by atoms with van der Waals surface area (Å²) in [6.45, 7) is 1.71. The van der Waals surface area contributed by atoms with Crippen molar-refractivity contribution in [2.24, 2.45) is 0 Å². The molecule has 0 spiro atoms. The van der Waals surface area contributed by atoms with Crippen molar-refractivity contribution in [3.8, 4) is 17.1 Å². The maximum absolute atomic E-state index is 13.6. The zero-order valence-electron chi connectivity index (χ0n) is 9.25. The minimum absolute atomic E-state index is 0.0800. The third-order valence-corrected chi connectivity index (χ3v) is 2.71. The van der Waals surface area contributed by atoms with Crippen molar-refractivity contribution in [3.05, 3.63) is 28.5 Å². The molecule has 0 bridgehead atoms. The van der Waals surface area contributed by atoms with E-state index in [-0.39, 0.29) is 16.6 Å². The standard InChI is InChI=1S/C11H10ClFN2O2/c1-5-3-6(13)10(12)9(11(5)16-2)7-4-8(14)15-17-7/h3-4H,1-2H3,(H2,14,15). The molecule has 0 fully saturated rings. The highest BCUT2D eigenvalue weighted by molar-refractivity contribution is 6.33. The van der Waals surface area contributed by atoms with E-state index in [0.717, 1.165) is 0 Å². The molecule has 0 unspecified atom stereocenters. The summed E-state index contributed by atoms with van der Waals surface area (Å²) in [6, 6.07) is 2.76. The van der Waals surface area contributed by atoms with E-state index in [1.165, 1.54) is 19.2 Å². The van der Waals surface area contributed by atoms with Gasteiger partial charge in [-0.2, -0.15) is 0 Å². The van der Waals surface area contributed by atoms with Gasteiger partial charge in [0.1, 0.15) is 11.6 Å². The first-order valence-electron chi connectivity index (χ1n) is 4.79. The van der Waals surface area contributed by atoms with Gasteiger partial charge in [0.2, 0.25) is 0 Å². The molecule has 1 aromatic heterocycles. The van der Waals surface area contributed by atoms with Crippen LogP contribution in [0.5, 0.6) is 5.75 Å². The van der Waals surface area contributed by atoms with Crippen LogP contribution in [0.3, 0.4) is 0 Å². The molecular weight excluding hydrogens is 247 g/mol. The van der Waals surface area contributed by atoms with Crippen LogP contribution >= 0.6 is 11.6 Å². The molecule has 1 heterocycles. The third kappa shape index (κ3) is 1.93. The van der Waals surface area contributed by atoms with Crippen LogP contribution in [0.25, 0.3) is 11.3 Å². The lowest BCUT2D eigenvalue weighted by Gasteiger charge is -2.11. The second-order valence-corrected chi connectivity index (χ2v) is 3.89. The molecule has 6 heteroatoms. The summed E-state index contributed by atoms with van der Waals surface area (Å²) in [5.74, 6) is 0.356. The number of hydrogen-bond acceptors (Lipinski definition) is 4. The molecule has 2 N–H and O–H groups in total. The number of nitrogens with two attached hydrogens (primary N) is 1. The summed E-state index contributed by atoms with van der Waals surface area (Å²) >= 11 is 5.91. The lowest BCUT2D eigenvalue weighted by molar-refractivity contribution is 0.403. The first kappa shape index (κ1) is 11.7. The normalized spacial score (nSPS) is 10.6. The maximum atomic E-state index is 13.6. The molecule has 2 rings (SSSR count). The van der Waals surface area contributed by atoms with Gasteiger partial charge >= 0.3 is 0 Å². The Labute approximate surface area is 102 Å². The Hall–Kier alpha value is -1.75. The number of benzene rings is 1. The van der Waals surface area contributed by atoms with Crippen LogP contribution in [0.4, 0.5) is 10.2 Å². The van der Waals surface area contributed by atoms with Gasteiger partial charge in [0.15, 0.2) is 11.6 Å². The molecule has 4 nitrogen and oxygen atoms in total. The van der Waals surface area contributed by atoms with Gasteiger partial charge in [0, 0.05) is 6.07 Å². The highest BCUT2D eigenvalue weighted by atomic mass is 35.5. The zero-order valence-corrected chi connectivity index (χ0v) is 10.0. The predicted octanol–water partition coefficient (Wildman–Crippen LogP) is 3.03. The van der Waals surface area contributed by atoms with Crippen molar-refractivity contribution < 1.29 is 13.7 Å². The number of ether oxygens (including phenoxy) is 1. The topological polar surface area (TPSA) is 61.3 Å². The first-order chi connectivity index (χ1) is 8.04. The van der Waals surface area contributed by atoms with E-state index in [1.54, 1.807) is 6.92 Å². The second-order valence-electron chi connectivity index (χ2n) is 3.51. The minimum atomic E-state index is -0.546. The van der Waals surface area contributed by atoms with E-state index in [2.05, 4.69) is 5.16 Å². The van der Waals surface area contributed by atoms with Gasteiger partial charge in [-0.15, -0.1) is 0 Å². The Morgan fingerprint density at radius 2 is 2.18 bits per heavy atom. The number of aryl methyl sites for hydroxylation is 1. The quantitative estimate of drug-likeness (QED) is 0.897. The van der Waals surface area contributed by atoms with Gasteiger partial charge in [-0.3, -0.25) is 0 Å². The van der Waals surface area contributed by atoms with Crippen LogP contribution in [0, 0.1) is 12.7 Å². The second kappa shape index (κ2) is 4.25. The van der Waals surface area contributed by atoms with Crippen molar-refractivity contribution in [1.82, 2.24) is 5.16 Å². The summed E-state index contributed by atoms with van der Waals surface area (Å²) < 4.78 is 23.7. The molecule has 0 amide bonds. The Balaban J connectivity index is 2.74. The molecule has 0 atom stereocenters. The molecule has 0 aliphatic heterocycles. The molecular formula is C11H10ClFN2O2. The van der Waals surface area contributed by atoms with Crippen LogP contribution in [0.1, 0.15) is 5.56 Å². The molecule has 1 aromatic carbocycles. The Morgan fingerprint density at radius 1 is 1.47 bits per heavy atom. The summed E-state index contributed by atoms with van der Waals surface area (Å²) in [5.41, 5.74) is 6.38. The van der Waals surface area contributed by atoms with Crippen molar-refractivity contribution >= 4 is 17.4 Å². The van der Waals surface area contributed by atoms with Crippen molar-refractivity contribution in [2.45, 2.75) is 6.92 Å². The molecule has 0 saturated carbocycles. The van der Waals surface area contributed by atoms with Crippen LogP contribution in [0.2, 0.25) is 5.02 Å².